The minimum absolute atomic E-state index is 0.0758. The number of carbonyl (C=O) groups excluding carboxylic acids is 1. The highest BCUT2D eigenvalue weighted by atomic mass is 31.2. The van der Waals surface area contributed by atoms with Gasteiger partial charge in [0.15, 0.2) is 0 Å². The van der Waals surface area contributed by atoms with Crippen molar-refractivity contribution in [2.45, 2.75) is 219 Å². The Morgan fingerprint density at radius 2 is 1.04 bits per heavy atom. The van der Waals surface area contributed by atoms with Crippen molar-refractivity contribution in [3.63, 3.8) is 0 Å². The summed E-state index contributed by atoms with van der Waals surface area (Å²) in [5.74, 6) is -0.202. The Morgan fingerprint density at radius 3 is 1.51 bits per heavy atom. The fourth-order valence-corrected chi connectivity index (χ4v) is 7.03. The minimum Gasteiger partial charge on any atom is -0.387 e. The second-order valence-electron chi connectivity index (χ2n) is 14.6. The van der Waals surface area contributed by atoms with E-state index in [1.54, 1.807) is 6.08 Å². The van der Waals surface area contributed by atoms with E-state index in [1.165, 1.54) is 148 Å². The molecule has 51 heavy (non-hydrogen) atoms. The SMILES string of the molecule is CCCCCCCCC/C=C/CC/C=C/C(O)C(COP(=O)(O)OCCN)NC(=O)CCCCCCCCCCCCCCCCCCCCC. The number of aliphatic hydroxyl groups is 1. The van der Waals surface area contributed by atoms with Crippen LogP contribution in [0, 0.1) is 0 Å². The van der Waals surface area contributed by atoms with Gasteiger partial charge in [0.1, 0.15) is 0 Å². The van der Waals surface area contributed by atoms with Crippen LogP contribution >= 0.6 is 7.82 Å². The quantitative estimate of drug-likeness (QED) is 0.0279. The maximum absolute atomic E-state index is 12.7. The third kappa shape index (κ3) is 37.1. The van der Waals surface area contributed by atoms with Crippen LogP contribution in [-0.2, 0) is 18.4 Å². The Morgan fingerprint density at radius 1 is 0.627 bits per heavy atom. The lowest BCUT2D eigenvalue weighted by molar-refractivity contribution is -0.123. The van der Waals surface area contributed by atoms with Crippen LogP contribution in [0.15, 0.2) is 24.3 Å². The molecule has 0 aliphatic carbocycles. The zero-order valence-electron chi connectivity index (χ0n) is 33.4. The molecule has 3 unspecified atom stereocenters. The second kappa shape index (κ2) is 38.7. The molecule has 0 radical (unpaired) electrons. The lowest BCUT2D eigenvalue weighted by Gasteiger charge is -2.23. The van der Waals surface area contributed by atoms with Gasteiger partial charge in [0, 0.05) is 13.0 Å². The third-order valence-corrected chi connectivity index (χ3v) is 10.5. The Hall–Kier alpha value is -1.02. The smallest absolute Gasteiger partial charge is 0.387 e. The summed E-state index contributed by atoms with van der Waals surface area (Å²) in [5, 5.41) is 13.6. The predicted octanol–water partition coefficient (Wildman–Crippen LogP) is 11.8. The first-order valence-corrected chi connectivity index (χ1v) is 23.0. The largest absolute Gasteiger partial charge is 0.472 e. The van der Waals surface area contributed by atoms with E-state index in [1.807, 2.05) is 6.08 Å². The summed E-state index contributed by atoms with van der Waals surface area (Å²) >= 11 is 0. The summed E-state index contributed by atoms with van der Waals surface area (Å²) in [6, 6.07) is -0.871. The highest BCUT2D eigenvalue weighted by Gasteiger charge is 2.26. The molecule has 8 nitrogen and oxygen atoms in total. The van der Waals surface area contributed by atoms with Gasteiger partial charge in [-0.15, -0.1) is 0 Å². The van der Waals surface area contributed by atoms with E-state index in [4.69, 9.17) is 14.8 Å². The van der Waals surface area contributed by atoms with Crippen molar-refractivity contribution in [1.29, 1.82) is 0 Å². The van der Waals surface area contributed by atoms with E-state index < -0.39 is 20.0 Å². The molecule has 0 aliphatic heterocycles. The first kappa shape index (κ1) is 50.0. The van der Waals surface area contributed by atoms with E-state index in [9.17, 15) is 19.4 Å². The van der Waals surface area contributed by atoms with Gasteiger partial charge in [-0.25, -0.2) is 4.57 Å². The molecule has 0 saturated heterocycles. The summed E-state index contributed by atoms with van der Waals surface area (Å²) < 4.78 is 22.1. The molecule has 0 fully saturated rings. The zero-order valence-corrected chi connectivity index (χ0v) is 34.2. The molecule has 0 aliphatic rings. The number of unbranched alkanes of at least 4 members (excludes halogenated alkanes) is 26. The van der Waals surface area contributed by atoms with Gasteiger partial charge in [-0.05, 0) is 32.1 Å². The number of amides is 1. The number of phosphoric acid groups is 1. The van der Waals surface area contributed by atoms with Gasteiger partial charge in [0.05, 0.1) is 25.4 Å². The molecular weight excluding hydrogens is 659 g/mol. The van der Waals surface area contributed by atoms with E-state index in [-0.39, 0.29) is 25.7 Å². The molecular formula is C42H83N2O6P. The maximum Gasteiger partial charge on any atom is 0.472 e. The van der Waals surface area contributed by atoms with Gasteiger partial charge in [-0.3, -0.25) is 13.8 Å². The Balaban J connectivity index is 4.19. The van der Waals surface area contributed by atoms with Crippen LogP contribution in [0.5, 0.6) is 0 Å². The molecule has 0 heterocycles. The summed E-state index contributed by atoms with van der Waals surface area (Å²) in [6.07, 6.45) is 43.7. The lowest BCUT2D eigenvalue weighted by atomic mass is 10.0. The van der Waals surface area contributed by atoms with Crippen molar-refractivity contribution in [3.05, 3.63) is 24.3 Å². The van der Waals surface area contributed by atoms with Crippen molar-refractivity contribution in [2.24, 2.45) is 5.73 Å². The van der Waals surface area contributed by atoms with Crippen LogP contribution in [0.2, 0.25) is 0 Å². The van der Waals surface area contributed by atoms with Gasteiger partial charge < -0.3 is 21.1 Å². The molecule has 3 atom stereocenters. The molecule has 9 heteroatoms. The fraction of sp³-hybridized carbons (Fsp3) is 0.881. The average molecular weight is 743 g/mol. The van der Waals surface area contributed by atoms with E-state index >= 15 is 0 Å². The predicted molar refractivity (Wildman–Crippen MR) is 217 cm³/mol. The number of nitrogens with two attached hydrogens (primary N) is 1. The zero-order chi connectivity index (χ0) is 37.5. The third-order valence-electron chi connectivity index (χ3n) is 9.53. The second-order valence-corrected chi connectivity index (χ2v) is 16.0. The first-order chi connectivity index (χ1) is 24.9. The van der Waals surface area contributed by atoms with Gasteiger partial charge >= 0.3 is 7.82 Å². The minimum atomic E-state index is -4.34. The topological polar surface area (TPSA) is 131 Å². The number of phosphoric ester groups is 1. The number of hydrogen-bond donors (Lipinski definition) is 4. The van der Waals surface area contributed by atoms with Gasteiger partial charge in [-0.1, -0.05) is 192 Å². The Bertz CT molecular complexity index is 855. The van der Waals surface area contributed by atoms with Gasteiger partial charge in [0.2, 0.25) is 5.91 Å². The number of nitrogens with one attached hydrogen (secondary N) is 1. The number of hydrogen-bond acceptors (Lipinski definition) is 6. The Labute approximate surface area is 315 Å². The molecule has 5 N–H and O–H groups in total. The van der Waals surface area contributed by atoms with Crippen LogP contribution in [0.25, 0.3) is 0 Å². The fourth-order valence-electron chi connectivity index (χ4n) is 6.27. The van der Waals surface area contributed by atoms with E-state index in [0.717, 1.165) is 38.5 Å². The molecule has 1 amide bonds. The number of allylic oxidation sites excluding steroid dienone is 3. The highest BCUT2D eigenvalue weighted by molar-refractivity contribution is 7.47. The van der Waals surface area contributed by atoms with Crippen LogP contribution < -0.4 is 11.1 Å². The standard InChI is InChI=1S/C42H83N2O6P/c1-3-5-7-9-11-13-15-17-18-19-20-21-22-24-26-28-30-32-34-36-42(46)44-40(39-50-51(47,48)49-38-37-43)41(45)35-33-31-29-27-25-23-16-14-12-10-8-6-4-2/h25,27,33,35,40-41,45H,3-24,26,28-32,34,36-39,43H2,1-2H3,(H,44,46)(H,47,48)/b27-25+,35-33+. The maximum atomic E-state index is 12.7. The molecule has 0 aromatic heterocycles. The summed E-state index contributed by atoms with van der Waals surface area (Å²) in [5.41, 5.74) is 5.36. The monoisotopic (exact) mass is 743 g/mol. The van der Waals surface area contributed by atoms with Crippen LogP contribution in [-0.4, -0.2) is 47.8 Å². The molecule has 0 aromatic rings. The average Bonchev–Trinajstić information content (AvgIpc) is 3.12. The first-order valence-electron chi connectivity index (χ1n) is 21.5. The molecule has 302 valence electrons. The van der Waals surface area contributed by atoms with Crippen molar-refractivity contribution in [1.82, 2.24) is 5.32 Å². The number of aliphatic hydroxyl groups excluding tert-OH is 1. The van der Waals surface area contributed by atoms with Gasteiger partial charge in [-0.2, -0.15) is 0 Å². The molecule has 0 saturated carbocycles. The van der Waals surface area contributed by atoms with Crippen LogP contribution in [0.3, 0.4) is 0 Å². The molecule has 0 spiro atoms. The highest BCUT2D eigenvalue weighted by Crippen LogP contribution is 2.43. The van der Waals surface area contributed by atoms with Crippen molar-refractivity contribution in [2.75, 3.05) is 19.8 Å². The summed E-state index contributed by atoms with van der Waals surface area (Å²) in [4.78, 5) is 22.7. The van der Waals surface area contributed by atoms with Crippen LogP contribution in [0.1, 0.15) is 206 Å². The van der Waals surface area contributed by atoms with E-state index in [2.05, 4.69) is 31.3 Å². The Kier molecular flexibility index (Phi) is 37.9. The van der Waals surface area contributed by atoms with Crippen molar-refractivity contribution < 1.29 is 28.4 Å². The van der Waals surface area contributed by atoms with Gasteiger partial charge in [0.25, 0.3) is 0 Å². The van der Waals surface area contributed by atoms with Crippen molar-refractivity contribution >= 4 is 13.7 Å². The number of carbonyl (C=O) groups is 1. The summed E-state index contributed by atoms with van der Waals surface area (Å²) in [7, 11) is -4.34. The molecule has 0 rings (SSSR count). The molecule has 0 bridgehead atoms. The lowest BCUT2D eigenvalue weighted by Crippen LogP contribution is -2.45. The number of rotatable bonds is 40. The summed E-state index contributed by atoms with van der Waals surface area (Å²) in [6.45, 7) is 4.11. The normalized spacial score (nSPS) is 14.4. The van der Waals surface area contributed by atoms with E-state index in [0.29, 0.717) is 6.42 Å². The van der Waals surface area contributed by atoms with Crippen molar-refractivity contribution in [3.8, 4) is 0 Å². The van der Waals surface area contributed by atoms with Crippen LogP contribution in [0.4, 0.5) is 0 Å². The molecule has 0 aromatic carbocycles.